The second-order valence-corrected chi connectivity index (χ2v) is 14.6. The SMILES string of the molecule is C#CCCC1(CCC(=O)NCCCCCCN2C(=O)NC3(CCN(C[C@H](Cc4ccccc4)NC(=O)c4ccc(F)c(F)c4)CC3)c3ccccc32)N=N1. The second-order valence-electron chi connectivity index (χ2n) is 14.6. The largest absolute Gasteiger partial charge is 0.356 e. The van der Waals surface area contributed by atoms with Crippen LogP contribution in [0.4, 0.5) is 19.3 Å². The summed E-state index contributed by atoms with van der Waals surface area (Å²) in [7, 11) is 0. The summed E-state index contributed by atoms with van der Waals surface area (Å²) in [6.45, 7) is 3.18. The van der Waals surface area contributed by atoms with Gasteiger partial charge < -0.3 is 20.9 Å². The fourth-order valence-corrected chi connectivity index (χ4v) is 7.62. The molecule has 1 saturated heterocycles. The van der Waals surface area contributed by atoms with Gasteiger partial charge in [-0.25, -0.2) is 13.6 Å². The molecule has 3 aromatic rings. The summed E-state index contributed by atoms with van der Waals surface area (Å²) in [5.74, 6) is 0.0970. The molecule has 6 rings (SSSR count). The summed E-state index contributed by atoms with van der Waals surface area (Å²) in [5, 5.41) is 17.6. The second kappa shape index (κ2) is 17.8. The number of carbonyl (C=O) groups is 3. The summed E-state index contributed by atoms with van der Waals surface area (Å²) in [6, 6.07) is 20.8. The normalized spacial score (nSPS) is 17.3. The van der Waals surface area contributed by atoms with E-state index in [-0.39, 0.29) is 23.5 Å². The molecule has 3 N–H and O–H groups in total. The maximum absolute atomic E-state index is 13.9. The van der Waals surface area contributed by atoms with E-state index in [2.05, 4.69) is 43.1 Å². The minimum atomic E-state index is -1.06. The molecule has 1 atom stereocenters. The minimum Gasteiger partial charge on any atom is -0.356 e. The van der Waals surface area contributed by atoms with Gasteiger partial charge in [0.15, 0.2) is 17.3 Å². The third-order valence-electron chi connectivity index (χ3n) is 10.8. The van der Waals surface area contributed by atoms with Crippen molar-refractivity contribution in [2.75, 3.05) is 37.6 Å². The van der Waals surface area contributed by atoms with Crippen LogP contribution in [0, 0.1) is 24.0 Å². The molecule has 1 fully saturated rings. The van der Waals surface area contributed by atoms with E-state index >= 15 is 0 Å². The van der Waals surface area contributed by atoms with E-state index in [9.17, 15) is 23.2 Å². The number of para-hydroxylation sites is 1. The standard InChI is InChI=1S/C42H49F2N7O3/c1-2-3-20-42(48-49-42)21-19-38(52)45-24-11-4-5-12-25-51-37-16-10-9-15-34(37)41(47-40(51)54)22-26-50(27-23-41)30-33(28-31-13-7-6-8-14-31)46-39(53)32-17-18-35(43)36(44)29-32/h1,6-10,13-18,29,33H,3-5,11-12,19-28,30H2,(H,45,52)(H,46,53)(H,47,54)/t33-/m0/s1. The van der Waals surface area contributed by atoms with Gasteiger partial charge in [-0.05, 0) is 61.9 Å². The van der Waals surface area contributed by atoms with Crippen molar-refractivity contribution in [3.8, 4) is 12.3 Å². The van der Waals surface area contributed by atoms with E-state index < -0.39 is 28.7 Å². The lowest BCUT2D eigenvalue weighted by Gasteiger charge is -2.48. The number of piperidine rings is 1. The smallest absolute Gasteiger partial charge is 0.322 e. The number of unbranched alkanes of at least 4 members (excludes halogenated alkanes) is 3. The molecular weight excluding hydrogens is 689 g/mol. The average molecular weight is 738 g/mol. The lowest BCUT2D eigenvalue weighted by molar-refractivity contribution is -0.121. The predicted molar refractivity (Wildman–Crippen MR) is 204 cm³/mol. The van der Waals surface area contributed by atoms with Crippen molar-refractivity contribution in [3.63, 3.8) is 0 Å². The quantitative estimate of drug-likeness (QED) is 0.0977. The van der Waals surface area contributed by atoms with Gasteiger partial charge in [0, 0.05) is 75.6 Å². The number of carbonyl (C=O) groups excluding carboxylic acids is 3. The number of urea groups is 1. The van der Waals surface area contributed by atoms with Gasteiger partial charge in [0.25, 0.3) is 5.91 Å². The molecule has 10 nitrogen and oxygen atoms in total. The molecule has 12 heteroatoms. The van der Waals surface area contributed by atoms with E-state index in [1.54, 1.807) is 0 Å². The molecule has 1 spiro atoms. The van der Waals surface area contributed by atoms with Crippen molar-refractivity contribution in [1.82, 2.24) is 20.9 Å². The van der Waals surface area contributed by atoms with Crippen LogP contribution < -0.4 is 20.9 Å². The number of rotatable bonds is 18. The fraction of sp³-hybridized carbons (Fsp3) is 0.452. The van der Waals surface area contributed by atoms with Crippen molar-refractivity contribution in [3.05, 3.63) is 101 Å². The van der Waals surface area contributed by atoms with Gasteiger partial charge in [-0.3, -0.25) is 14.5 Å². The monoisotopic (exact) mass is 737 g/mol. The minimum absolute atomic E-state index is 0.00666. The van der Waals surface area contributed by atoms with Crippen LogP contribution in [0.3, 0.4) is 0 Å². The Kier molecular flexibility index (Phi) is 12.7. The van der Waals surface area contributed by atoms with Crippen molar-refractivity contribution in [2.45, 2.75) is 87.9 Å². The number of halogens is 2. The Labute approximate surface area is 316 Å². The van der Waals surface area contributed by atoms with Crippen LogP contribution in [0.5, 0.6) is 0 Å². The average Bonchev–Trinajstić information content (AvgIpc) is 3.96. The number of benzene rings is 3. The van der Waals surface area contributed by atoms with E-state index in [0.29, 0.717) is 77.7 Å². The molecule has 3 aliphatic heterocycles. The van der Waals surface area contributed by atoms with Crippen LogP contribution in [0.15, 0.2) is 83.0 Å². The Bertz CT molecular complexity index is 1850. The van der Waals surface area contributed by atoms with Crippen LogP contribution in [-0.4, -0.2) is 67.2 Å². The Balaban J connectivity index is 0.980. The third-order valence-corrected chi connectivity index (χ3v) is 10.8. The fourth-order valence-electron chi connectivity index (χ4n) is 7.62. The van der Waals surface area contributed by atoms with E-state index in [1.807, 2.05) is 53.4 Å². The number of amides is 4. The Hall–Kier alpha value is -5.15. The zero-order chi connectivity index (χ0) is 38.0. The van der Waals surface area contributed by atoms with Crippen molar-refractivity contribution < 1.29 is 23.2 Å². The Morgan fingerprint density at radius 3 is 2.41 bits per heavy atom. The molecule has 3 heterocycles. The first-order chi connectivity index (χ1) is 26.2. The zero-order valence-electron chi connectivity index (χ0n) is 30.7. The lowest BCUT2D eigenvalue weighted by Crippen LogP contribution is -2.61. The molecule has 0 unspecified atom stereocenters. The van der Waals surface area contributed by atoms with Gasteiger partial charge in [0.05, 0.1) is 11.2 Å². The summed E-state index contributed by atoms with van der Waals surface area (Å²) < 4.78 is 27.5. The van der Waals surface area contributed by atoms with Gasteiger partial charge in [0.1, 0.15) is 0 Å². The van der Waals surface area contributed by atoms with Crippen molar-refractivity contribution in [2.24, 2.45) is 10.2 Å². The van der Waals surface area contributed by atoms with Crippen LogP contribution in [0.2, 0.25) is 0 Å². The predicted octanol–water partition coefficient (Wildman–Crippen LogP) is 6.86. The lowest BCUT2D eigenvalue weighted by atomic mass is 9.78. The number of nitrogens with zero attached hydrogens (tertiary/aromatic N) is 4. The van der Waals surface area contributed by atoms with Gasteiger partial charge in [-0.2, -0.15) is 10.2 Å². The van der Waals surface area contributed by atoms with Crippen LogP contribution >= 0.6 is 0 Å². The third kappa shape index (κ3) is 9.88. The maximum atomic E-state index is 13.9. The molecule has 0 saturated carbocycles. The number of terminal acetylenes is 1. The summed E-state index contributed by atoms with van der Waals surface area (Å²) >= 11 is 0. The topological polar surface area (TPSA) is 118 Å². The Morgan fingerprint density at radius 2 is 1.67 bits per heavy atom. The van der Waals surface area contributed by atoms with Crippen molar-refractivity contribution in [1.29, 1.82) is 0 Å². The molecule has 0 aliphatic carbocycles. The molecule has 4 amide bonds. The summed E-state index contributed by atoms with van der Waals surface area (Å²) in [6.07, 6.45) is 13.2. The molecule has 0 radical (unpaired) electrons. The molecular formula is C42H49F2N7O3. The van der Waals surface area contributed by atoms with Gasteiger partial charge >= 0.3 is 6.03 Å². The van der Waals surface area contributed by atoms with Crippen LogP contribution in [0.1, 0.15) is 85.7 Å². The highest BCUT2D eigenvalue weighted by Gasteiger charge is 2.44. The van der Waals surface area contributed by atoms with Gasteiger partial charge in [-0.15, -0.1) is 12.3 Å². The van der Waals surface area contributed by atoms with Gasteiger partial charge in [0.2, 0.25) is 5.91 Å². The number of hydrogen-bond acceptors (Lipinski definition) is 6. The highest BCUT2D eigenvalue weighted by molar-refractivity contribution is 5.96. The number of nitrogens with one attached hydrogen (secondary N) is 3. The molecule has 3 aromatic carbocycles. The highest BCUT2D eigenvalue weighted by atomic mass is 19.2. The maximum Gasteiger partial charge on any atom is 0.322 e. The van der Waals surface area contributed by atoms with Gasteiger partial charge in [-0.1, -0.05) is 61.4 Å². The molecule has 0 aromatic heterocycles. The number of hydrogen-bond donors (Lipinski definition) is 3. The van der Waals surface area contributed by atoms with Crippen LogP contribution in [0.25, 0.3) is 0 Å². The highest BCUT2D eigenvalue weighted by Crippen LogP contribution is 2.42. The first-order valence-electron chi connectivity index (χ1n) is 19.0. The molecule has 0 bridgehead atoms. The summed E-state index contributed by atoms with van der Waals surface area (Å²) in [4.78, 5) is 43.2. The van der Waals surface area contributed by atoms with E-state index in [0.717, 1.165) is 54.6 Å². The molecule has 3 aliphatic rings. The first-order valence-corrected chi connectivity index (χ1v) is 19.0. The van der Waals surface area contributed by atoms with E-state index in [1.165, 1.54) is 6.07 Å². The van der Waals surface area contributed by atoms with Crippen LogP contribution in [-0.2, 0) is 16.8 Å². The van der Waals surface area contributed by atoms with E-state index in [4.69, 9.17) is 6.42 Å². The zero-order valence-corrected chi connectivity index (χ0v) is 30.7. The van der Waals surface area contributed by atoms with Crippen molar-refractivity contribution >= 4 is 23.5 Å². The molecule has 54 heavy (non-hydrogen) atoms. The summed E-state index contributed by atoms with van der Waals surface area (Å²) in [5.41, 5.74) is 2.25. The first kappa shape index (κ1) is 38.6. The molecule has 284 valence electrons. The Morgan fingerprint density at radius 1 is 0.926 bits per heavy atom. The number of likely N-dealkylation sites (tertiary alicyclic amines) is 1. The number of fused-ring (bicyclic) bond motifs is 2. The number of anilines is 1.